The first-order valence-electron chi connectivity index (χ1n) is 9.05. The molecular formula is C20H22N2O7S. The third-order valence-electron chi connectivity index (χ3n) is 4.43. The summed E-state index contributed by atoms with van der Waals surface area (Å²) in [7, 11) is -2.50. The highest BCUT2D eigenvalue weighted by Gasteiger charge is 2.24. The summed E-state index contributed by atoms with van der Waals surface area (Å²) in [5.41, 5.74) is 1.64. The van der Waals surface area contributed by atoms with Crippen molar-refractivity contribution >= 4 is 33.3 Å². The maximum Gasteiger partial charge on any atom is 0.337 e. The number of hydrogen-bond acceptors (Lipinski definition) is 7. The molecule has 2 aromatic rings. The highest BCUT2D eigenvalue weighted by atomic mass is 32.2. The number of anilines is 2. The number of carbonyl (C=O) groups is 2. The highest BCUT2D eigenvalue weighted by molar-refractivity contribution is 7.92. The summed E-state index contributed by atoms with van der Waals surface area (Å²) in [6, 6.07) is 9.39. The zero-order chi connectivity index (χ0) is 21.9. The molecule has 0 saturated carbocycles. The number of ether oxygens (including phenoxy) is 3. The average molecular weight is 434 g/mol. The number of esters is 1. The molecule has 1 amide bonds. The van der Waals surface area contributed by atoms with Crippen molar-refractivity contribution in [1.29, 1.82) is 0 Å². The minimum absolute atomic E-state index is 0.269. The number of carbonyl (C=O) groups excluding carboxylic acids is 2. The van der Waals surface area contributed by atoms with Gasteiger partial charge < -0.3 is 19.5 Å². The SMILES string of the molecule is COC(=O)c1ccc(C)c(NC(=O)CN(c2ccc3c(c2)OCCO3)S(C)(=O)=O)c1. The number of rotatable bonds is 6. The Hall–Kier alpha value is -3.27. The number of aryl methyl sites for hydroxylation is 1. The number of methoxy groups -OCH3 is 1. The van der Waals surface area contributed by atoms with Gasteiger partial charge >= 0.3 is 5.97 Å². The number of amides is 1. The molecule has 0 spiro atoms. The Morgan fingerprint density at radius 3 is 2.47 bits per heavy atom. The molecule has 3 rings (SSSR count). The summed E-state index contributed by atoms with van der Waals surface area (Å²) in [6.07, 6.45) is 1.01. The first-order valence-corrected chi connectivity index (χ1v) is 10.9. The molecule has 1 heterocycles. The average Bonchev–Trinajstić information content (AvgIpc) is 2.72. The maximum atomic E-state index is 12.6. The van der Waals surface area contributed by atoms with Gasteiger partial charge in [-0.15, -0.1) is 0 Å². The van der Waals surface area contributed by atoms with Crippen LogP contribution in [0.25, 0.3) is 0 Å². The van der Waals surface area contributed by atoms with Crippen LogP contribution >= 0.6 is 0 Å². The van der Waals surface area contributed by atoms with E-state index in [4.69, 9.17) is 9.47 Å². The van der Waals surface area contributed by atoms with Gasteiger partial charge in [0.25, 0.3) is 0 Å². The van der Waals surface area contributed by atoms with Gasteiger partial charge in [0.15, 0.2) is 11.5 Å². The fraction of sp³-hybridized carbons (Fsp3) is 0.300. The van der Waals surface area contributed by atoms with Crippen LogP contribution in [0.5, 0.6) is 11.5 Å². The van der Waals surface area contributed by atoms with Crippen molar-refractivity contribution in [3.8, 4) is 11.5 Å². The van der Waals surface area contributed by atoms with Crippen LogP contribution < -0.4 is 19.1 Å². The zero-order valence-electron chi connectivity index (χ0n) is 16.8. The molecule has 0 bridgehead atoms. The van der Waals surface area contributed by atoms with Crippen LogP contribution in [0.4, 0.5) is 11.4 Å². The van der Waals surface area contributed by atoms with Crippen LogP contribution in [0, 0.1) is 6.92 Å². The number of nitrogens with one attached hydrogen (secondary N) is 1. The van der Waals surface area contributed by atoms with Gasteiger partial charge in [0.05, 0.1) is 24.6 Å². The second kappa shape index (κ2) is 8.62. The standard InChI is InChI=1S/C20H22N2O7S/c1-13-4-5-14(20(24)27-2)10-16(13)21-19(23)12-22(30(3,25)26)15-6-7-17-18(11-15)29-9-8-28-17/h4-7,10-11H,8-9,12H2,1-3H3,(H,21,23). The van der Waals surface area contributed by atoms with Crippen LogP contribution in [0.3, 0.4) is 0 Å². The molecule has 1 aliphatic heterocycles. The summed E-state index contributed by atoms with van der Waals surface area (Å²) >= 11 is 0. The predicted octanol–water partition coefficient (Wildman–Crippen LogP) is 1.96. The normalized spacial score (nSPS) is 12.8. The molecule has 0 fully saturated rings. The van der Waals surface area contributed by atoms with Crippen molar-refractivity contribution in [2.45, 2.75) is 6.92 Å². The Morgan fingerprint density at radius 1 is 1.10 bits per heavy atom. The fourth-order valence-corrected chi connectivity index (χ4v) is 3.76. The van der Waals surface area contributed by atoms with Crippen molar-refractivity contribution in [2.24, 2.45) is 0 Å². The first kappa shape index (κ1) is 21.4. The van der Waals surface area contributed by atoms with E-state index in [1.807, 2.05) is 0 Å². The van der Waals surface area contributed by atoms with Crippen LogP contribution in [0.1, 0.15) is 15.9 Å². The molecule has 30 heavy (non-hydrogen) atoms. The monoisotopic (exact) mass is 434 g/mol. The molecule has 0 aliphatic carbocycles. The third-order valence-corrected chi connectivity index (χ3v) is 5.57. The number of sulfonamides is 1. The summed E-state index contributed by atoms with van der Waals surface area (Å²) in [6.45, 7) is 2.06. The Bertz CT molecular complexity index is 1080. The van der Waals surface area contributed by atoms with E-state index < -0.39 is 28.4 Å². The summed E-state index contributed by atoms with van der Waals surface area (Å²) < 4.78 is 41.3. The summed E-state index contributed by atoms with van der Waals surface area (Å²) in [5, 5.41) is 2.66. The number of fused-ring (bicyclic) bond motifs is 1. The van der Waals surface area contributed by atoms with Crippen LogP contribution in [0.2, 0.25) is 0 Å². The Labute approximate surface area is 174 Å². The zero-order valence-corrected chi connectivity index (χ0v) is 17.6. The van der Waals surface area contributed by atoms with E-state index in [9.17, 15) is 18.0 Å². The van der Waals surface area contributed by atoms with Crippen molar-refractivity contribution in [2.75, 3.05) is 42.7 Å². The van der Waals surface area contributed by atoms with Gasteiger partial charge in [-0.25, -0.2) is 13.2 Å². The summed E-state index contributed by atoms with van der Waals surface area (Å²) in [4.78, 5) is 24.4. The van der Waals surface area contributed by atoms with Gasteiger partial charge in [0, 0.05) is 11.8 Å². The lowest BCUT2D eigenvalue weighted by molar-refractivity contribution is -0.114. The molecule has 160 valence electrons. The minimum Gasteiger partial charge on any atom is -0.486 e. The highest BCUT2D eigenvalue weighted by Crippen LogP contribution is 2.34. The second-order valence-corrected chi connectivity index (χ2v) is 8.57. The molecular weight excluding hydrogens is 412 g/mol. The number of nitrogens with zero attached hydrogens (tertiary/aromatic N) is 1. The van der Waals surface area contributed by atoms with Gasteiger partial charge in [-0.1, -0.05) is 6.07 Å². The lowest BCUT2D eigenvalue weighted by atomic mass is 10.1. The molecule has 1 N–H and O–H groups in total. The Balaban J connectivity index is 1.83. The molecule has 0 aromatic heterocycles. The van der Waals surface area contributed by atoms with E-state index in [2.05, 4.69) is 10.1 Å². The summed E-state index contributed by atoms with van der Waals surface area (Å²) in [5.74, 6) is -0.187. The smallest absolute Gasteiger partial charge is 0.337 e. The van der Waals surface area contributed by atoms with Crippen LogP contribution in [-0.4, -0.2) is 53.4 Å². The van der Waals surface area contributed by atoms with Crippen LogP contribution in [0.15, 0.2) is 36.4 Å². The topological polar surface area (TPSA) is 111 Å². The molecule has 2 aromatic carbocycles. The van der Waals surface area contributed by atoms with E-state index >= 15 is 0 Å². The number of hydrogen-bond donors (Lipinski definition) is 1. The predicted molar refractivity (Wildman–Crippen MR) is 111 cm³/mol. The van der Waals surface area contributed by atoms with Crippen LogP contribution in [-0.2, 0) is 19.6 Å². The third kappa shape index (κ3) is 4.82. The molecule has 0 atom stereocenters. The van der Waals surface area contributed by atoms with Gasteiger partial charge in [-0.3, -0.25) is 9.10 Å². The van der Waals surface area contributed by atoms with Crippen molar-refractivity contribution < 1.29 is 32.2 Å². The quantitative estimate of drug-likeness (QED) is 0.692. The first-order chi connectivity index (χ1) is 14.2. The molecule has 0 saturated heterocycles. The lowest BCUT2D eigenvalue weighted by Crippen LogP contribution is -2.37. The molecule has 10 heteroatoms. The van der Waals surface area contributed by atoms with Gasteiger partial charge in [-0.05, 0) is 36.8 Å². The molecule has 0 unspecified atom stereocenters. The molecule has 0 radical (unpaired) electrons. The lowest BCUT2D eigenvalue weighted by Gasteiger charge is -2.25. The van der Waals surface area contributed by atoms with Crippen molar-refractivity contribution in [3.63, 3.8) is 0 Å². The Kier molecular flexibility index (Phi) is 6.16. The van der Waals surface area contributed by atoms with E-state index in [-0.39, 0.29) is 11.3 Å². The largest absolute Gasteiger partial charge is 0.486 e. The van der Waals surface area contributed by atoms with Gasteiger partial charge in [-0.2, -0.15) is 0 Å². The molecule has 9 nitrogen and oxygen atoms in total. The van der Waals surface area contributed by atoms with E-state index in [1.54, 1.807) is 31.2 Å². The minimum atomic E-state index is -3.77. The van der Waals surface area contributed by atoms with Crippen molar-refractivity contribution in [1.82, 2.24) is 0 Å². The van der Waals surface area contributed by atoms with E-state index in [0.29, 0.717) is 36.0 Å². The van der Waals surface area contributed by atoms with Gasteiger partial charge in [0.2, 0.25) is 15.9 Å². The number of benzene rings is 2. The van der Waals surface area contributed by atoms with E-state index in [1.165, 1.54) is 19.2 Å². The Morgan fingerprint density at radius 2 is 1.80 bits per heavy atom. The fourth-order valence-electron chi connectivity index (χ4n) is 2.91. The van der Waals surface area contributed by atoms with Gasteiger partial charge in [0.1, 0.15) is 19.8 Å². The molecule has 1 aliphatic rings. The van der Waals surface area contributed by atoms with E-state index in [0.717, 1.165) is 10.6 Å². The second-order valence-electron chi connectivity index (χ2n) is 6.67. The maximum absolute atomic E-state index is 12.6. The van der Waals surface area contributed by atoms with Crippen molar-refractivity contribution in [3.05, 3.63) is 47.5 Å².